The first-order chi connectivity index (χ1) is 9.13. The van der Waals surface area contributed by atoms with Crippen molar-refractivity contribution >= 4 is 27.6 Å². The van der Waals surface area contributed by atoms with E-state index in [0.29, 0.717) is 17.5 Å². The first-order valence-corrected chi connectivity index (χ1v) is 7.27. The molecule has 1 aromatic carbocycles. The third kappa shape index (κ3) is 6.57. The van der Waals surface area contributed by atoms with Gasteiger partial charge in [0.05, 0.1) is 11.1 Å². The molecule has 0 radical (unpaired) electrons. The predicted molar refractivity (Wildman–Crippen MR) is 77.7 cm³/mol. The lowest BCUT2D eigenvalue weighted by Crippen LogP contribution is -2.05. The Bertz CT molecular complexity index is 412. The lowest BCUT2D eigenvalue weighted by atomic mass is 10.2. The molecule has 0 heterocycles. The van der Waals surface area contributed by atoms with Crippen LogP contribution in [0.25, 0.3) is 0 Å². The quantitative estimate of drug-likeness (QED) is 0.575. The number of ether oxygens (including phenoxy) is 1. The SMILES string of the molecule is CCOC(=O)CCCCCNc1ccc(F)c(Br)c1. The van der Waals surface area contributed by atoms with Gasteiger partial charge in [0.2, 0.25) is 0 Å². The normalized spacial score (nSPS) is 10.3. The van der Waals surface area contributed by atoms with Crippen LogP contribution in [0.4, 0.5) is 10.1 Å². The number of hydrogen-bond acceptors (Lipinski definition) is 3. The molecule has 1 N–H and O–H groups in total. The Morgan fingerprint density at radius 3 is 2.84 bits per heavy atom. The first kappa shape index (κ1) is 16.0. The van der Waals surface area contributed by atoms with Gasteiger partial charge in [-0.2, -0.15) is 0 Å². The van der Waals surface area contributed by atoms with E-state index in [0.717, 1.165) is 31.5 Å². The molecule has 1 rings (SSSR count). The Morgan fingerprint density at radius 1 is 1.37 bits per heavy atom. The minimum absolute atomic E-state index is 0.127. The largest absolute Gasteiger partial charge is 0.466 e. The van der Waals surface area contributed by atoms with Crippen molar-refractivity contribution in [3.8, 4) is 0 Å². The maximum absolute atomic E-state index is 13.0. The fourth-order valence-corrected chi connectivity index (χ4v) is 2.02. The highest BCUT2D eigenvalue weighted by Crippen LogP contribution is 2.19. The molecule has 5 heteroatoms. The molecule has 0 atom stereocenters. The molecule has 0 aliphatic carbocycles. The smallest absolute Gasteiger partial charge is 0.305 e. The van der Waals surface area contributed by atoms with Gasteiger partial charge < -0.3 is 10.1 Å². The van der Waals surface area contributed by atoms with E-state index in [1.807, 2.05) is 6.92 Å². The summed E-state index contributed by atoms with van der Waals surface area (Å²) in [5.41, 5.74) is 0.888. The number of hydrogen-bond donors (Lipinski definition) is 1. The maximum Gasteiger partial charge on any atom is 0.305 e. The van der Waals surface area contributed by atoms with Crippen molar-refractivity contribution in [3.63, 3.8) is 0 Å². The van der Waals surface area contributed by atoms with Crippen molar-refractivity contribution < 1.29 is 13.9 Å². The van der Waals surface area contributed by atoms with Crippen LogP contribution < -0.4 is 5.32 Å². The molecular weight excluding hydrogens is 313 g/mol. The minimum atomic E-state index is -0.264. The zero-order chi connectivity index (χ0) is 14.1. The monoisotopic (exact) mass is 331 g/mol. The third-order valence-electron chi connectivity index (χ3n) is 2.61. The number of unbranched alkanes of at least 4 members (excludes halogenated alkanes) is 2. The number of rotatable bonds is 8. The van der Waals surface area contributed by atoms with Crippen molar-refractivity contribution in [2.24, 2.45) is 0 Å². The van der Waals surface area contributed by atoms with Crippen LogP contribution in [0.2, 0.25) is 0 Å². The van der Waals surface area contributed by atoms with Crippen LogP contribution >= 0.6 is 15.9 Å². The maximum atomic E-state index is 13.0. The lowest BCUT2D eigenvalue weighted by molar-refractivity contribution is -0.143. The molecule has 0 aliphatic rings. The molecule has 0 spiro atoms. The van der Waals surface area contributed by atoms with Crippen molar-refractivity contribution in [1.29, 1.82) is 0 Å². The molecule has 0 amide bonds. The number of anilines is 1. The molecule has 19 heavy (non-hydrogen) atoms. The molecule has 0 saturated carbocycles. The van der Waals surface area contributed by atoms with Gasteiger partial charge in [-0.15, -0.1) is 0 Å². The molecule has 3 nitrogen and oxygen atoms in total. The van der Waals surface area contributed by atoms with E-state index >= 15 is 0 Å². The summed E-state index contributed by atoms with van der Waals surface area (Å²) in [6, 6.07) is 4.85. The van der Waals surface area contributed by atoms with Crippen LogP contribution in [0, 0.1) is 5.82 Å². The molecule has 0 fully saturated rings. The molecule has 0 aromatic heterocycles. The van der Waals surface area contributed by atoms with Crippen molar-refractivity contribution in [2.75, 3.05) is 18.5 Å². The van der Waals surface area contributed by atoms with E-state index in [2.05, 4.69) is 21.2 Å². The fourth-order valence-electron chi connectivity index (χ4n) is 1.64. The highest BCUT2D eigenvalue weighted by atomic mass is 79.9. The van der Waals surface area contributed by atoms with E-state index in [9.17, 15) is 9.18 Å². The van der Waals surface area contributed by atoms with Gasteiger partial charge >= 0.3 is 5.97 Å². The standard InChI is InChI=1S/C14H19BrFNO2/c1-2-19-14(18)6-4-3-5-9-17-11-7-8-13(16)12(15)10-11/h7-8,10,17H,2-6,9H2,1H3. The zero-order valence-electron chi connectivity index (χ0n) is 11.0. The second-order valence-corrected chi connectivity index (χ2v) is 5.03. The number of carbonyl (C=O) groups is 1. The minimum Gasteiger partial charge on any atom is -0.466 e. The predicted octanol–water partition coefficient (Wildman–Crippen LogP) is 4.12. The second kappa shape index (κ2) is 8.91. The summed E-state index contributed by atoms with van der Waals surface area (Å²) in [4.78, 5) is 11.1. The lowest BCUT2D eigenvalue weighted by Gasteiger charge is -2.07. The Labute approximate surface area is 121 Å². The van der Waals surface area contributed by atoms with Crippen LogP contribution in [-0.4, -0.2) is 19.1 Å². The summed E-state index contributed by atoms with van der Waals surface area (Å²) in [7, 11) is 0. The van der Waals surface area contributed by atoms with Crippen LogP contribution in [0.5, 0.6) is 0 Å². The van der Waals surface area contributed by atoms with Gasteiger partial charge in [0.15, 0.2) is 0 Å². The Balaban J connectivity index is 2.10. The third-order valence-corrected chi connectivity index (χ3v) is 3.22. The highest BCUT2D eigenvalue weighted by Gasteiger charge is 2.01. The fraction of sp³-hybridized carbons (Fsp3) is 0.500. The molecule has 0 saturated heterocycles. The second-order valence-electron chi connectivity index (χ2n) is 4.17. The molecule has 0 bridgehead atoms. The summed E-state index contributed by atoms with van der Waals surface area (Å²) < 4.78 is 18.3. The highest BCUT2D eigenvalue weighted by molar-refractivity contribution is 9.10. The molecule has 0 aliphatic heterocycles. The van der Waals surface area contributed by atoms with Crippen LogP contribution in [0.3, 0.4) is 0 Å². The van der Waals surface area contributed by atoms with E-state index in [1.165, 1.54) is 6.07 Å². The van der Waals surface area contributed by atoms with Gasteiger partial charge in [-0.3, -0.25) is 4.79 Å². The van der Waals surface area contributed by atoms with Gasteiger partial charge in [-0.05, 0) is 53.9 Å². The van der Waals surface area contributed by atoms with E-state index in [4.69, 9.17) is 4.74 Å². The van der Waals surface area contributed by atoms with Gasteiger partial charge in [0.1, 0.15) is 5.82 Å². The molecule has 1 aromatic rings. The molecular formula is C14H19BrFNO2. The van der Waals surface area contributed by atoms with Gasteiger partial charge in [0, 0.05) is 18.7 Å². The van der Waals surface area contributed by atoms with Gasteiger partial charge in [-0.25, -0.2) is 4.39 Å². The number of carbonyl (C=O) groups excluding carboxylic acids is 1. The van der Waals surface area contributed by atoms with E-state index < -0.39 is 0 Å². The number of nitrogens with one attached hydrogen (secondary N) is 1. The number of benzene rings is 1. The van der Waals surface area contributed by atoms with Crippen molar-refractivity contribution in [2.45, 2.75) is 32.6 Å². The number of esters is 1. The Kier molecular flexibility index (Phi) is 7.48. The summed E-state index contributed by atoms with van der Waals surface area (Å²) in [5.74, 6) is -0.391. The van der Waals surface area contributed by atoms with Crippen LogP contribution in [0.1, 0.15) is 32.6 Å². The summed E-state index contributed by atoms with van der Waals surface area (Å²) in [5, 5.41) is 3.21. The Hall–Kier alpha value is -1.10. The Morgan fingerprint density at radius 2 is 2.16 bits per heavy atom. The summed E-state index contributed by atoms with van der Waals surface area (Å²) >= 11 is 3.14. The average molecular weight is 332 g/mol. The first-order valence-electron chi connectivity index (χ1n) is 6.48. The topological polar surface area (TPSA) is 38.3 Å². The van der Waals surface area contributed by atoms with Crippen molar-refractivity contribution in [3.05, 3.63) is 28.5 Å². The molecule has 0 unspecified atom stereocenters. The van der Waals surface area contributed by atoms with E-state index in [1.54, 1.807) is 12.1 Å². The van der Waals surface area contributed by atoms with Gasteiger partial charge in [0.25, 0.3) is 0 Å². The van der Waals surface area contributed by atoms with Gasteiger partial charge in [-0.1, -0.05) is 6.42 Å². The van der Waals surface area contributed by atoms with Crippen LogP contribution in [-0.2, 0) is 9.53 Å². The molecule has 106 valence electrons. The van der Waals surface area contributed by atoms with Crippen LogP contribution in [0.15, 0.2) is 22.7 Å². The van der Waals surface area contributed by atoms with E-state index in [-0.39, 0.29) is 11.8 Å². The average Bonchev–Trinajstić information content (AvgIpc) is 2.38. The summed E-state index contributed by atoms with van der Waals surface area (Å²) in [6.07, 6.45) is 3.26. The summed E-state index contributed by atoms with van der Waals surface area (Å²) in [6.45, 7) is 3.06. The number of halogens is 2. The van der Waals surface area contributed by atoms with Crippen molar-refractivity contribution in [1.82, 2.24) is 0 Å². The zero-order valence-corrected chi connectivity index (χ0v) is 12.6.